The highest BCUT2D eigenvalue weighted by molar-refractivity contribution is 5.69. The quantitative estimate of drug-likeness (QED) is 0.828. The molecular formula is C18H21NO2. The molecule has 2 aromatic carbocycles. The second-order valence-electron chi connectivity index (χ2n) is 5.14. The van der Waals surface area contributed by atoms with Crippen LogP contribution in [0.25, 0.3) is 11.1 Å². The van der Waals surface area contributed by atoms with Crippen LogP contribution in [0.1, 0.15) is 18.4 Å². The van der Waals surface area contributed by atoms with Gasteiger partial charge in [0.25, 0.3) is 0 Å². The SMILES string of the molecule is COC(=O)CCC(N)Cc1ccc(-c2ccccc2)cc1. The Morgan fingerprint density at radius 1 is 1.05 bits per heavy atom. The van der Waals surface area contributed by atoms with Gasteiger partial charge in [-0.15, -0.1) is 0 Å². The van der Waals surface area contributed by atoms with Gasteiger partial charge in [-0.1, -0.05) is 54.6 Å². The number of benzene rings is 2. The fourth-order valence-electron chi connectivity index (χ4n) is 2.27. The standard InChI is InChI=1S/C18H21NO2/c1-21-18(20)12-11-17(19)13-14-7-9-16(10-8-14)15-5-3-2-4-6-15/h2-10,17H,11-13,19H2,1H3. The van der Waals surface area contributed by atoms with Crippen LogP contribution in [0, 0.1) is 0 Å². The number of hydrogen-bond donors (Lipinski definition) is 1. The van der Waals surface area contributed by atoms with Gasteiger partial charge in [-0.25, -0.2) is 0 Å². The van der Waals surface area contributed by atoms with E-state index in [9.17, 15) is 4.79 Å². The molecule has 0 aliphatic heterocycles. The Bertz CT molecular complexity index is 564. The number of esters is 1. The van der Waals surface area contributed by atoms with Crippen molar-refractivity contribution < 1.29 is 9.53 Å². The highest BCUT2D eigenvalue weighted by Crippen LogP contribution is 2.19. The highest BCUT2D eigenvalue weighted by Gasteiger charge is 2.08. The van der Waals surface area contributed by atoms with E-state index in [4.69, 9.17) is 5.73 Å². The Hall–Kier alpha value is -2.13. The third kappa shape index (κ3) is 4.72. The van der Waals surface area contributed by atoms with Crippen LogP contribution in [-0.2, 0) is 16.0 Å². The maximum absolute atomic E-state index is 11.1. The zero-order valence-corrected chi connectivity index (χ0v) is 12.3. The molecule has 0 heterocycles. The number of nitrogens with two attached hydrogens (primary N) is 1. The number of methoxy groups -OCH3 is 1. The van der Waals surface area contributed by atoms with E-state index in [0.29, 0.717) is 12.8 Å². The Balaban J connectivity index is 1.92. The number of ether oxygens (including phenoxy) is 1. The first kappa shape index (κ1) is 15.3. The molecule has 0 saturated heterocycles. The van der Waals surface area contributed by atoms with Crippen LogP contribution in [-0.4, -0.2) is 19.1 Å². The molecule has 0 radical (unpaired) electrons. The molecule has 2 aromatic rings. The van der Waals surface area contributed by atoms with E-state index in [1.54, 1.807) is 0 Å². The Morgan fingerprint density at radius 3 is 2.29 bits per heavy atom. The Kier molecular flexibility index (Phi) is 5.52. The van der Waals surface area contributed by atoms with Gasteiger partial charge in [0.05, 0.1) is 7.11 Å². The van der Waals surface area contributed by atoms with Gasteiger partial charge in [0, 0.05) is 12.5 Å². The van der Waals surface area contributed by atoms with E-state index >= 15 is 0 Å². The van der Waals surface area contributed by atoms with Crippen molar-refractivity contribution in [3.8, 4) is 11.1 Å². The average molecular weight is 283 g/mol. The lowest BCUT2D eigenvalue weighted by molar-refractivity contribution is -0.140. The molecule has 21 heavy (non-hydrogen) atoms. The first-order valence-electron chi connectivity index (χ1n) is 7.16. The molecule has 1 unspecified atom stereocenters. The summed E-state index contributed by atoms with van der Waals surface area (Å²) in [5.74, 6) is -0.204. The van der Waals surface area contributed by atoms with E-state index in [1.165, 1.54) is 23.8 Å². The lowest BCUT2D eigenvalue weighted by Crippen LogP contribution is -2.24. The monoisotopic (exact) mass is 283 g/mol. The summed E-state index contributed by atoms with van der Waals surface area (Å²) in [6.07, 6.45) is 1.79. The zero-order valence-electron chi connectivity index (χ0n) is 12.3. The minimum atomic E-state index is -0.204. The average Bonchev–Trinajstić information content (AvgIpc) is 2.54. The molecule has 110 valence electrons. The van der Waals surface area contributed by atoms with Gasteiger partial charge < -0.3 is 10.5 Å². The third-order valence-electron chi connectivity index (χ3n) is 3.51. The summed E-state index contributed by atoms with van der Waals surface area (Å²) in [5, 5.41) is 0. The molecule has 2 N–H and O–H groups in total. The first-order valence-corrected chi connectivity index (χ1v) is 7.16. The number of carbonyl (C=O) groups excluding carboxylic acids is 1. The van der Waals surface area contributed by atoms with E-state index in [-0.39, 0.29) is 12.0 Å². The van der Waals surface area contributed by atoms with Crippen molar-refractivity contribution in [1.29, 1.82) is 0 Å². The lowest BCUT2D eigenvalue weighted by atomic mass is 9.99. The summed E-state index contributed by atoms with van der Waals surface area (Å²) in [7, 11) is 1.40. The van der Waals surface area contributed by atoms with Gasteiger partial charge in [0.1, 0.15) is 0 Å². The maximum atomic E-state index is 11.1. The van der Waals surface area contributed by atoms with Crippen LogP contribution >= 0.6 is 0 Å². The van der Waals surface area contributed by atoms with Gasteiger partial charge in [-0.3, -0.25) is 4.79 Å². The molecule has 3 nitrogen and oxygen atoms in total. The molecule has 2 rings (SSSR count). The van der Waals surface area contributed by atoms with Crippen LogP contribution < -0.4 is 5.73 Å². The Labute approximate surface area is 125 Å². The molecule has 0 aliphatic rings. The minimum Gasteiger partial charge on any atom is -0.469 e. The van der Waals surface area contributed by atoms with Crippen molar-refractivity contribution in [3.05, 3.63) is 60.2 Å². The molecular weight excluding hydrogens is 262 g/mol. The smallest absolute Gasteiger partial charge is 0.305 e. The van der Waals surface area contributed by atoms with Gasteiger partial charge in [0.2, 0.25) is 0 Å². The third-order valence-corrected chi connectivity index (χ3v) is 3.51. The zero-order chi connectivity index (χ0) is 15.1. The second-order valence-corrected chi connectivity index (χ2v) is 5.14. The van der Waals surface area contributed by atoms with Gasteiger partial charge in [-0.05, 0) is 29.5 Å². The highest BCUT2D eigenvalue weighted by atomic mass is 16.5. The molecule has 0 bridgehead atoms. The molecule has 0 spiro atoms. The molecule has 0 fully saturated rings. The van der Waals surface area contributed by atoms with Gasteiger partial charge in [0.15, 0.2) is 0 Å². The van der Waals surface area contributed by atoms with Crippen LogP contribution in [0.4, 0.5) is 0 Å². The maximum Gasteiger partial charge on any atom is 0.305 e. The lowest BCUT2D eigenvalue weighted by Gasteiger charge is -2.11. The molecule has 0 aromatic heterocycles. The predicted molar refractivity (Wildman–Crippen MR) is 84.8 cm³/mol. The second kappa shape index (κ2) is 7.60. The summed E-state index contributed by atoms with van der Waals surface area (Å²) in [6.45, 7) is 0. The number of rotatable bonds is 6. The van der Waals surface area contributed by atoms with E-state index in [2.05, 4.69) is 41.1 Å². The van der Waals surface area contributed by atoms with Crippen molar-refractivity contribution in [2.45, 2.75) is 25.3 Å². The fourth-order valence-corrected chi connectivity index (χ4v) is 2.27. The van der Waals surface area contributed by atoms with Gasteiger partial charge >= 0.3 is 5.97 Å². The van der Waals surface area contributed by atoms with Crippen molar-refractivity contribution in [2.24, 2.45) is 5.73 Å². The van der Waals surface area contributed by atoms with E-state index in [1.807, 2.05) is 18.2 Å². The Morgan fingerprint density at radius 2 is 1.67 bits per heavy atom. The van der Waals surface area contributed by atoms with Gasteiger partial charge in [-0.2, -0.15) is 0 Å². The first-order chi connectivity index (χ1) is 10.2. The van der Waals surface area contributed by atoms with E-state index < -0.39 is 0 Å². The molecule has 0 saturated carbocycles. The molecule has 3 heteroatoms. The fraction of sp³-hybridized carbons (Fsp3) is 0.278. The number of hydrogen-bond acceptors (Lipinski definition) is 3. The predicted octanol–water partition coefficient (Wildman–Crippen LogP) is 3.18. The largest absolute Gasteiger partial charge is 0.469 e. The van der Waals surface area contributed by atoms with Crippen LogP contribution in [0.3, 0.4) is 0 Å². The summed E-state index contributed by atoms with van der Waals surface area (Å²) in [5.41, 5.74) is 9.64. The molecule has 0 aliphatic carbocycles. The van der Waals surface area contributed by atoms with Crippen molar-refractivity contribution in [1.82, 2.24) is 0 Å². The minimum absolute atomic E-state index is 0.0216. The van der Waals surface area contributed by atoms with Crippen LogP contribution in [0.15, 0.2) is 54.6 Å². The summed E-state index contributed by atoms with van der Waals surface area (Å²) in [4.78, 5) is 11.1. The topological polar surface area (TPSA) is 52.3 Å². The summed E-state index contributed by atoms with van der Waals surface area (Å²) in [6, 6.07) is 18.7. The summed E-state index contributed by atoms with van der Waals surface area (Å²) < 4.78 is 4.62. The number of carbonyl (C=O) groups is 1. The van der Waals surface area contributed by atoms with Crippen molar-refractivity contribution in [3.63, 3.8) is 0 Å². The van der Waals surface area contributed by atoms with Crippen molar-refractivity contribution >= 4 is 5.97 Å². The summed E-state index contributed by atoms with van der Waals surface area (Å²) >= 11 is 0. The van der Waals surface area contributed by atoms with E-state index in [0.717, 1.165) is 6.42 Å². The van der Waals surface area contributed by atoms with Crippen LogP contribution in [0.2, 0.25) is 0 Å². The van der Waals surface area contributed by atoms with Crippen LogP contribution in [0.5, 0.6) is 0 Å². The molecule has 1 atom stereocenters. The normalized spacial score (nSPS) is 11.9. The molecule has 0 amide bonds. The van der Waals surface area contributed by atoms with Crippen molar-refractivity contribution in [2.75, 3.05) is 7.11 Å².